The van der Waals surface area contributed by atoms with Gasteiger partial charge in [-0.2, -0.15) is 4.31 Å². The third-order valence-corrected chi connectivity index (χ3v) is 7.41. The van der Waals surface area contributed by atoms with Crippen molar-refractivity contribution in [2.45, 2.75) is 43.1 Å². The fraction of sp³-hybridized carbons (Fsp3) is 0.667. The molecule has 2 saturated heterocycles. The predicted octanol–water partition coefficient (Wildman–Crippen LogP) is 2.59. The van der Waals surface area contributed by atoms with Gasteiger partial charge in [-0.05, 0) is 50.7 Å². The number of hydrogen-bond acceptors (Lipinski definition) is 4. The Hall–Kier alpha value is -0.950. The summed E-state index contributed by atoms with van der Waals surface area (Å²) in [6.07, 6.45) is 3.58. The molecule has 1 unspecified atom stereocenters. The first-order valence-electron chi connectivity index (χ1n) is 8.68. The number of nitrogens with zero attached hydrogens (tertiary/aromatic N) is 1. The van der Waals surface area contributed by atoms with Gasteiger partial charge in [-0.1, -0.05) is 17.7 Å². The van der Waals surface area contributed by atoms with Crippen LogP contribution in [0.25, 0.3) is 0 Å². The predicted molar refractivity (Wildman–Crippen MR) is 92.5 cm³/mol. The number of benzene rings is 1. The van der Waals surface area contributed by atoms with Crippen molar-refractivity contribution in [3.8, 4) is 0 Å². The van der Waals surface area contributed by atoms with Crippen molar-refractivity contribution in [3.05, 3.63) is 29.8 Å². The number of ether oxygens (including phenoxy) is 2. The molecule has 134 valence electrons. The second-order valence-corrected chi connectivity index (χ2v) is 8.84. The Morgan fingerprint density at radius 1 is 1.25 bits per heavy atom. The van der Waals surface area contributed by atoms with Gasteiger partial charge in [0, 0.05) is 33.4 Å². The molecule has 1 spiro atoms. The fourth-order valence-electron chi connectivity index (χ4n) is 3.97. The van der Waals surface area contributed by atoms with Gasteiger partial charge in [0.15, 0.2) is 0 Å². The van der Waals surface area contributed by atoms with Gasteiger partial charge in [-0.25, -0.2) is 8.42 Å². The fourth-order valence-corrected chi connectivity index (χ4v) is 5.41. The van der Waals surface area contributed by atoms with Crippen molar-refractivity contribution < 1.29 is 17.9 Å². The van der Waals surface area contributed by atoms with E-state index >= 15 is 0 Å². The second-order valence-electron chi connectivity index (χ2n) is 6.90. The first-order valence-corrected chi connectivity index (χ1v) is 10.1. The number of aryl methyl sites for hydroxylation is 1. The van der Waals surface area contributed by atoms with Crippen LogP contribution in [0.2, 0.25) is 0 Å². The molecular formula is C18H27NO4S. The molecule has 0 saturated carbocycles. The van der Waals surface area contributed by atoms with Crippen molar-refractivity contribution in [2.24, 2.45) is 5.92 Å². The maximum absolute atomic E-state index is 12.8. The largest absolute Gasteiger partial charge is 0.385 e. The lowest BCUT2D eigenvalue weighted by Gasteiger charge is -2.41. The Morgan fingerprint density at radius 2 is 1.92 bits per heavy atom. The van der Waals surface area contributed by atoms with E-state index in [-0.39, 0.29) is 5.60 Å². The van der Waals surface area contributed by atoms with Crippen LogP contribution < -0.4 is 0 Å². The Bertz CT molecular complexity index is 648. The Kier molecular flexibility index (Phi) is 5.30. The summed E-state index contributed by atoms with van der Waals surface area (Å²) in [4.78, 5) is 0.382. The van der Waals surface area contributed by atoms with E-state index < -0.39 is 10.0 Å². The van der Waals surface area contributed by atoms with Crippen LogP contribution in [0.3, 0.4) is 0 Å². The number of methoxy groups -OCH3 is 1. The van der Waals surface area contributed by atoms with E-state index in [9.17, 15) is 8.42 Å². The molecule has 2 heterocycles. The molecule has 0 amide bonds. The highest BCUT2D eigenvalue weighted by molar-refractivity contribution is 7.89. The average molecular weight is 353 g/mol. The summed E-state index contributed by atoms with van der Waals surface area (Å²) in [6, 6.07) is 7.09. The maximum atomic E-state index is 12.8. The molecule has 1 aromatic carbocycles. The third kappa shape index (κ3) is 3.38. The first kappa shape index (κ1) is 17.9. The minimum Gasteiger partial charge on any atom is -0.385 e. The summed E-state index contributed by atoms with van der Waals surface area (Å²) in [7, 11) is -1.68. The van der Waals surface area contributed by atoms with Crippen molar-refractivity contribution >= 4 is 10.0 Å². The molecular weight excluding hydrogens is 326 g/mol. The van der Waals surface area contributed by atoms with Crippen LogP contribution in [-0.4, -0.2) is 51.7 Å². The summed E-state index contributed by atoms with van der Waals surface area (Å²) in [5.41, 5.74) is 0.907. The zero-order chi connectivity index (χ0) is 17.2. The third-order valence-electron chi connectivity index (χ3n) is 5.50. The summed E-state index contributed by atoms with van der Waals surface area (Å²) in [5, 5.41) is 0. The molecule has 3 rings (SSSR count). The summed E-state index contributed by atoms with van der Waals surface area (Å²) in [5.74, 6) is 0.474. The van der Waals surface area contributed by atoms with Crippen LogP contribution in [0.1, 0.15) is 31.2 Å². The quantitative estimate of drug-likeness (QED) is 0.816. The van der Waals surface area contributed by atoms with Gasteiger partial charge >= 0.3 is 0 Å². The zero-order valence-electron chi connectivity index (χ0n) is 14.5. The lowest BCUT2D eigenvalue weighted by molar-refractivity contribution is -0.0603. The number of sulfonamides is 1. The van der Waals surface area contributed by atoms with E-state index in [2.05, 4.69) is 0 Å². The van der Waals surface area contributed by atoms with Gasteiger partial charge in [0.2, 0.25) is 10.0 Å². The minimum atomic E-state index is -3.41. The topological polar surface area (TPSA) is 55.8 Å². The molecule has 5 nitrogen and oxygen atoms in total. The second kappa shape index (κ2) is 7.12. The van der Waals surface area contributed by atoms with Crippen molar-refractivity contribution in [2.75, 3.05) is 33.4 Å². The van der Waals surface area contributed by atoms with Crippen molar-refractivity contribution in [1.29, 1.82) is 0 Å². The highest BCUT2D eigenvalue weighted by atomic mass is 32.2. The van der Waals surface area contributed by atoms with E-state index in [0.29, 0.717) is 23.9 Å². The van der Waals surface area contributed by atoms with Crippen molar-refractivity contribution in [1.82, 2.24) is 4.31 Å². The number of rotatable bonds is 5. The van der Waals surface area contributed by atoms with E-state index in [1.165, 1.54) is 0 Å². The smallest absolute Gasteiger partial charge is 0.243 e. The molecule has 1 atom stereocenters. The molecule has 6 heteroatoms. The van der Waals surface area contributed by atoms with Gasteiger partial charge in [-0.15, -0.1) is 0 Å². The van der Waals surface area contributed by atoms with E-state index in [0.717, 1.165) is 44.5 Å². The van der Waals surface area contributed by atoms with Gasteiger partial charge in [0.25, 0.3) is 0 Å². The number of piperidine rings is 1. The highest BCUT2D eigenvalue weighted by Crippen LogP contribution is 2.43. The molecule has 0 N–H and O–H groups in total. The summed E-state index contributed by atoms with van der Waals surface area (Å²) < 4.78 is 38.6. The summed E-state index contributed by atoms with van der Waals surface area (Å²) in [6.45, 7) is 4.53. The first-order chi connectivity index (χ1) is 11.5. The Morgan fingerprint density at radius 3 is 2.54 bits per heavy atom. The van der Waals surface area contributed by atoms with Gasteiger partial charge in [0.05, 0.1) is 10.5 Å². The minimum absolute atomic E-state index is 0.155. The van der Waals surface area contributed by atoms with Crippen LogP contribution in [0.15, 0.2) is 29.2 Å². The zero-order valence-corrected chi connectivity index (χ0v) is 15.3. The number of hydrogen-bond donors (Lipinski definition) is 0. The molecule has 0 aromatic heterocycles. The van der Waals surface area contributed by atoms with Gasteiger partial charge in [0.1, 0.15) is 0 Å². The van der Waals surface area contributed by atoms with E-state index in [1.807, 2.05) is 19.1 Å². The molecule has 2 aliphatic heterocycles. The molecule has 0 aliphatic carbocycles. The molecule has 2 fully saturated rings. The molecule has 2 aliphatic rings. The monoisotopic (exact) mass is 353 g/mol. The van der Waals surface area contributed by atoms with E-state index in [1.54, 1.807) is 23.5 Å². The van der Waals surface area contributed by atoms with Gasteiger partial charge < -0.3 is 9.47 Å². The normalized spacial score (nSPS) is 24.5. The molecule has 0 bridgehead atoms. The lowest BCUT2D eigenvalue weighted by atomic mass is 9.78. The Balaban J connectivity index is 1.69. The standard InChI is InChI=1S/C18H27NO4S/c1-15-3-5-17(6-4-15)24(20,21)19-11-9-18(10-12-19)16(7-13-22-2)8-14-23-18/h3-6,16H,7-14H2,1-2H3. The van der Waals surface area contributed by atoms with Crippen LogP contribution in [0.5, 0.6) is 0 Å². The summed E-state index contributed by atoms with van der Waals surface area (Å²) >= 11 is 0. The molecule has 24 heavy (non-hydrogen) atoms. The lowest BCUT2D eigenvalue weighted by Crippen LogP contribution is -2.49. The maximum Gasteiger partial charge on any atom is 0.243 e. The van der Waals surface area contributed by atoms with Crippen LogP contribution in [0, 0.1) is 12.8 Å². The average Bonchev–Trinajstić information content (AvgIpc) is 2.96. The Labute approximate surface area is 145 Å². The highest BCUT2D eigenvalue weighted by Gasteiger charge is 2.47. The van der Waals surface area contributed by atoms with E-state index in [4.69, 9.17) is 9.47 Å². The SMILES string of the molecule is COCCC1CCOC12CCN(S(=O)(=O)c1ccc(C)cc1)CC2. The van der Waals surface area contributed by atoms with Crippen LogP contribution in [-0.2, 0) is 19.5 Å². The molecule has 0 radical (unpaired) electrons. The van der Waals surface area contributed by atoms with Crippen LogP contribution in [0.4, 0.5) is 0 Å². The van der Waals surface area contributed by atoms with Gasteiger partial charge in [-0.3, -0.25) is 0 Å². The molecule has 1 aromatic rings. The van der Waals surface area contributed by atoms with Crippen LogP contribution >= 0.6 is 0 Å². The van der Waals surface area contributed by atoms with Crippen molar-refractivity contribution in [3.63, 3.8) is 0 Å².